The molecule has 1 aliphatic carbocycles. The topological polar surface area (TPSA) is 22.1 Å². The van der Waals surface area contributed by atoms with Gasteiger partial charge < -0.3 is 4.74 Å². The van der Waals surface area contributed by atoms with Gasteiger partial charge in [0, 0.05) is 22.5 Å². The Morgan fingerprint density at radius 1 is 1.12 bits per heavy atom. The fourth-order valence-electron chi connectivity index (χ4n) is 2.33. The van der Waals surface area contributed by atoms with Gasteiger partial charge in [-0.05, 0) is 53.4 Å². The van der Waals surface area contributed by atoms with Crippen LogP contribution in [0.4, 0.5) is 0 Å². The molecule has 0 fully saturated rings. The molecule has 0 aliphatic heterocycles. The van der Waals surface area contributed by atoms with Crippen LogP contribution in [-0.4, -0.2) is 11.1 Å². The van der Waals surface area contributed by atoms with Gasteiger partial charge in [-0.3, -0.25) is 4.98 Å². The summed E-state index contributed by atoms with van der Waals surface area (Å²) in [6, 6.07) is 0. The number of hydrogen-bond donors (Lipinski definition) is 0. The Hall–Kier alpha value is -1.05. The molecule has 0 spiro atoms. The molecule has 0 aromatic carbocycles. The predicted molar refractivity (Wildman–Crippen MR) is 66.1 cm³/mol. The molecular formula is C14H21NO. The van der Waals surface area contributed by atoms with E-state index in [2.05, 4.69) is 27.7 Å². The summed E-state index contributed by atoms with van der Waals surface area (Å²) in [5.74, 6) is 1.11. The zero-order valence-electron chi connectivity index (χ0n) is 10.8. The minimum Gasteiger partial charge on any atom is -0.490 e. The average molecular weight is 219 g/mol. The molecule has 0 unspecified atom stereocenters. The summed E-state index contributed by atoms with van der Waals surface area (Å²) in [7, 11) is 0. The van der Waals surface area contributed by atoms with E-state index in [0.717, 1.165) is 24.3 Å². The van der Waals surface area contributed by atoms with Crippen LogP contribution >= 0.6 is 0 Å². The second-order valence-corrected chi connectivity index (χ2v) is 4.95. The van der Waals surface area contributed by atoms with E-state index in [0.29, 0.717) is 0 Å². The lowest BCUT2D eigenvalue weighted by molar-refractivity contribution is 0.236. The zero-order chi connectivity index (χ0) is 11.7. The zero-order valence-corrected chi connectivity index (χ0v) is 10.8. The molecule has 1 aromatic rings. The molecule has 2 heteroatoms. The molecule has 1 aromatic heterocycles. The van der Waals surface area contributed by atoms with Crippen molar-refractivity contribution in [1.82, 2.24) is 4.98 Å². The normalized spacial score (nSPS) is 15.1. The second-order valence-electron chi connectivity index (χ2n) is 4.95. The third-order valence-electron chi connectivity index (χ3n) is 3.25. The molecule has 0 radical (unpaired) electrons. The highest BCUT2D eigenvalue weighted by Gasteiger charge is 2.19. The minimum absolute atomic E-state index is 0.242. The summed E-state index contributed by atoms with van der Waals surface area (Å²) >= 11 is 0. The number of pyridine rings is 1. The van der Waals surface area contributed by atoms with Crippen molar-refractivity contribution in [2.45, 2.75) is 59.5 Å². The van der Waals surface area contributed by atoms with Crippen LogP contribution in [0.3, 0.4) is 0 Å². The predicted octanol–water partition coefficient (Wildman–Crippen LogP) is 3.36. The molecule has 0 saturated carbocycles. The van der Waals surface area contributed by atoms with E-state index in [4.69, 9.17) is 9.72 Å². The van der Waals surface area contributed by atoms with Crippen molar-refractivity contribution < 1.29 is 4.74 Å². The van der Waals surface area contributed by atoms with Gasteiger partial charge in [-0.1, -0.05) is 0 Å². The summed E-state index contributed by atoms with van der Waals surface area (Å²) in [6.45, 7) is 8.38. The molecule has 0 saturated heterocycles. The van der Waals surface area contributed by atoms with Crippen LogP contribution in [0, 0.1) is 13.8 Å². The number of rotatable bonds is 2. The maximum absolute atomic E-state index is 5.98. The van der Waals surface area contributed by atoms with Crippen LogP contribution in [0.25, 0.3) is 0 Å². The van der Waals surface area contributed by atoms with E-state index in [1.807, 2.05) is 0 Å². The Kier molecular flexibility index (Phi) is 3.17. The third-order valence-corrected chi connectivity index (χ3v) is 3.25. The number of fused-ring (bicyclic) bond motifs is 1. The standard InChI is InChI=1S/C14H21NO/c1-9(2)16-14-10(3)11(4)15-13-8-6-5-7-12(13)14/h9H,5-8H2,1-4H3. The quantitative estimate of drug-likeness (QED) is 0.761. The van der Waals surface area contributed by atoms with Gasteiger partial charge in [0.15, 0.2) is 0 Å². The summed E-state index contributed by atoms with van der Waals surface area (Å²) in [5.41, 5.74) is 4.97. The summed E-state index contributed by atoms with van der Waals surface area (Å²) < 4.78 is 5.98. The highest BCUT2D eigenvalue weighted by molar-refractivity contribution is 5.46. The van der Waals surface area contributed by atoms with E-state index in [1.54, 1.807) is 0 Å². The first-order valence-corrected chi connectivity index (χ1v) is 6.25. The minimum atomic E-state index is 0.242. The van der Waals surface area contributed by atoms with Gasteiger partial charge in [0.05, 0.1) is 6.10 Å². The van der Waals surface area contributed by atoms with E-state index >= 15 is 0 Å². The van der Waals surface area contributed by atoms with Gasteiger partial charge in [0.1, 0.15) is 5.75 Å². The van der Waals surface area contributed by atoms with E-state index in [9.17, 15) is 0 Å². The van der Waals surface area contributed by atoms with E-state index < -0.39 is 0 Å². The third kappa shape index (κ3) is 2.06. The first-order chi connectivity index (χ1) is 7.59. The van der Waals surface area contributed by atoms with Crippen LogP contribution in [0.15, 0.2) is 0 Å². The van der Waals surface area contributed by atoms with Gasteiger partial charge in [-0.15, -0.1) is 0 Å². The SMILES string of the molecule is Cc1nc2c(c(OC(C)C)c1C)CCCC2. The van der Waals surface area contributed by atoms with E-state index in [1.165, 1.54) is 29.7 Å². The van der Waals surface area contributed by atoms with Crippen LogP contribution in [0.2, 0.25) is 0 Å². The summed E-state index contributed by atoms with van der Waals surface area (Å²) in [4.78, 5) is 4.70. The van der Waals surface area contributed by atoms with Crippen molar-refractivity contribution in [2.75, 3.05) is 0 Å². The Labute approximate surface area is 98.0 Å². The lowest BCUT2D eigenvalue weighted by Gasteiger charge is -2.23. The first-order valence-electron chi connectivity index (χ1n) is 6.25. The summed E-state index contributed by atoms with van der Waals surface area (Å²) in [5, 5.41) is 0. The molecule has 1 heterocycles. The lowest BCUT2D eigenvalue weighted by Crippen LogP contribution is -2.15. The Bertz CT molecular complexity index is 396. The maximum Gasteiger partial charge on any atom is 0.129 e. The molecule has 0 bridgehead atoms. The fraction of sp³-hybridized carbons (Fsp3) is 0.643. The molecule has 1 aliphatic rings. The van der Waals surface area contributed by atoms with Crippen LogP contribution in [0.5, 0.6) is 5.75 Å². The molecule has 2 rings (SSSR count). The highest BCUT2D eigenvalue weighted by atomic mass is 16.5. The molecule has 88 valence electrons. The van der Waals surface area contributed by atoms with Gasteiger partial charge in [-0.25, -0.2) is 0 Å². The maximum atomic E-state index is 5.98. The molecule has 16 heavy (non-hydrogen) atoms. The monoisotopic (exact) mass is 219 g/mol. The Morgan fingerprint density at radius 2 is 1.81 bits per heavy atom. The Balaban J connectivity index is 2.50. The smallest absolute Gasteiger partial charge is 0.129 e. The number of aryl methyl sites for hydroxylation is 2. The molecular weight excluding hydrogens is 198 g/mol. The van der Waals surface area contributed by atoms with Gasteiger partial charge in [-0.2, -0.15) is 0 Å². The molecule has 0 amide bonds. The van der Waals surface area contributed by atoms with Gasteiger partial charge in [0.2, 0.25) is 0 Å². The number of aromatic nitrogens is 1. The fourth-order valence-corrected chi connectivity index (χ4v) is 2.33. The molecule has 0 atom stereocenters. The van der Waals surface area contributed by atoms with Crippen molar-refractivity contribution in [3.8, 4) is 5.75 Å². The first kappa shape index (κ1) is 11.4. The van der Waals surface area contributed by atoms with Crippen molar-refractivity contribution in [3.05, 3.63) is 22.5 Å². The van der Waals surface area contributed by atoms with Gasteiger partial charge in [0.25, 0.3) is 0 Å². The van der Waals surface area contributed by atoms with E-state index in [-0.39, 0.29) is 6.10 Å². The summed E-state index contributed by atoms with van der Waals surface area (Å²) in [6.07, 6.45) is 5.03. The van der Waals surface area contributed by atoms with Crippen molar-refractivity contribution in [1.29, 1.82) is 0 Å². The van der Waals surface area contributed by atoms with Crippen LogP contribution < -0.4 is 4.74 Å². The highest BCUT2D eigenvalue weighted by Crippen LogP contribution is 2.33. The largest absolute Gasteiger partial charge is 0.490 e. The second kappa shape index (κ2) is 4.44. The van der Waals surface area contributed by atoms with Gasteiger partial charge >= 0.3 is 0 Å². The van der Waals surface area contributed by atoms with Crippen molar-refractivity contribution in [2.24, 2.45) is 0 Å². The lowest BCUT2D eigenvalue weighted by atomic mass is 9.93. The molecule has 2 nitrogen and oxygen atoms in total. The number of ether oxygens (including phenoxy) is 1. The number of nitrogens with zero attached hydrogens (tertiary/aromatic N) is 1. The van der Waals surface area contributed by atoms with Crippen molar-refractivity contribution in [3.63, 3.8) is 0 Å². The Morgan fingerprint density at radius 3 is 2.50 bits per heavy atom. The average Bonchev–Trinajstić information content (AvgIpc) is 2.24. The van der Waals surface area contributed by atoms with Crippen molar-refractivity contribution >= 4 is 0 Å². The van der Waals surface area contributed by atoms with Crippen LogP contribution in [-0.2, 0) is 12.8 Å². The molecule has 0 N–H and O–H groups in total. The number of hydrogen-bond acceptors (Lipinski definition) is 2. The van der Waals surface area contributed by atoms with Crippen LogP contribution in [0.1, 0.15) is 49.2 Å².